The Morgan fingerprint density at radius 2 is 2.12 bits per heavy atom. The number of aromatic hydroxyl groups is 1. The molecule has 0 radical (unpaired) electrons. The van der Waals surface area contributed by atoms with Gasteiger partial charge in [0.25, 0.3) is 0 Å². The molecule has 0 unspecified atom stereocenters. The number of phenols is 1. The summed E-state index contributed by atoms with van der Waals surface area (Å²) in [6, 6.07) is 9.81. The molecule has 1 amide bonds. The second-order valence-electron chi connectivity index (χ2n) is 5.51. The molecule has 1 heterocycles. The molecule has 2 aromatic carbocycles. The molecule has 24 heavy (non-hydrogen) atoms. The van der Waals surface area contributed by atoms with Crippen molar-refractivity contribution in [2.75, 3.05) is 23.3 Å². The number of hydrogen-bond donors (Lipinski definition) is 2. The molecule has 2 N–H and O–H groups in total. The van der Waals surface area contributed by atoms with Crippen molar-refractivity contribution in [1.29, 1.82) is 0 Å². The molecule has 3 rings (SSSR count). The number of ether oxygens (including phenoxy) is 1. The van der Waals surface area contributed by atoms with E-state index in [2.05, 4.69) is 5.32 Å². The van der Waals surface area contributed by atoms with Crippen molar-refractivity contribution in [1.82, 2.24) is 0 Å². The maximum Gasteiger partial charge on any atom is 0.331 e. The Hall–Kier alpha value is -2.73. The predicted molar refractivity (Wildman–Crippen MR) is 90.8 cm³/mol. The van der Waals surface area contributed by atoms with E-state index in [9.17, 15) is 14.7 Å². The van der Waals surface area contributed by atoms with Gasteiger partial charge in [-0.05, 0) is 42.8 Å². The largest absolute Gasteiger partial charge is 0.506 e. The molecule has 6 nitrogen and oxygen atoms in total. The summed E-state index contributed by atoms with van der Waals surface area (Å²) in [7, 11) is 0. The standard InChI is InChI=1S/C17H15ClN2O4/c1-10-2-4-13-15(6-10)24-17(23)9-20(13)8-16(22)19-12-7-11(18)3-5-14(12)21/h2-7,21H,8-9H2,1H3,(H,19,22). The van der Waals surface area contributed by atoms with Crippen molar-refractivity contribution < 1.29 is 19.4 Å². The Bertz CT molecular complexity index is 822. The molecule has 0 fully saturated rings. The summed E-state index contributed by atoms with van der Waals surface area (Å²) >= 11 is 5.86. The Labute approximate surface area is 143 Å². The van der Waals surface area contributed by atoms with E-state index in [4.69, 9.17) is 16.3 Å². The zero-order valence-corrected chi connectivity index (χ0v) is 13.6. The molecular formula is C17H15ClN2O4. The van der Waals surface area contributed by atoms with Crippen molar-refractivity contribution in [2.45, 2.75) is 6.92 Å². The zero-order valence-electron chi connectivity index (χ0n) is 12.9. The predicted octanol–water partition coefficient (Wildman–Crippen LogP) is 2.72. The van der Waals surface area contributed by atoms with Crippen LogP contribution < -0.4 is 15.0 Å². The quantitative estimate of drug-likeness (QED) is 0.507. The number of carbonyl (C=O) groups excluding carboxylic acids is 2. The topological polar surface area (TPSA) is 78.9 Å². The SMILES string of the molecule is Cc1ccc2c(c1)OC(=O)CN2CC(=O)Nc1cc(Cl)ccc1O. The van der Waals surface area contributed by atoms with E-state index in [0.29, 0.717) is 16.5 Å². The van der Waals surface area contributed by atoms with Gasteiger partial charge >= 0.3 is 5.97 Å². The van der Waals surface area contributed by atoms with Crippen molar-refractivity contribution in [3.8, 4) is 11.5 Å². The van der Waals surface area contributed by atoms with E-state index < -0.39 is 5.97 Å². The molecule has 7 heteroatoms. The number of phenolic OH excluding ortho intramolecular Hbond substituents is 1. The third-order valence-electron chi connectivity index (χ3n) is 3.57. The highest BCUT2D eigenvalue weighted by Gasteiger charge is 2.25. The highest BCUT2D eigenvalue weighted by atomic mass is 35.5. The van der Waals surface area contributed by atoms with Gasteiger partial charge in [-0.15, -0.1) is 0 Å². The highest BCUT2D eigenvalue weighted by Crippen LogP contribution is 2.33. The Kier molecular flexibility index (Phi) is 4.31. The van der Waals surface area contributed by atoms with E-state index in [1.165, 1.54) is 18.2 Å². The first kappa shape index (κ1) is 16.1. The maximum absolute atomic E-state index is 12.3. The van der Waals surface area contributed by atoms with Gasteiger partial charge in [-0.25, -0.2) is 4.79 Å². The summed E-state index contributed by atoms with van der Waals surface area (Å²) in [5.41, 5.74) is 1.85. The minimum absolute atomic E-state index is 0.0228. The van der Waals surface area contributed by atoms with Crippen LogP contribution in [0.5, 0.6) is 11.5 Å². The minimum Gasteiger partial charge on any atom is -0.506 e. The van der Waals surface area contributed by atoms with Crippen LogP contribution in [0.4, 0.5) is 11.4 Å². The molecule has 0 aliphatic carbocycles. The van der Waals surface area contributed by atoms with Crippen LogP contribution in [-0.4, -0.2) is 30.1 Å². The summed E-state index contributed by atoms with van der Waals surface area (Å²) in [6.45, 7) is 1.81. The van der Waals surface area contributed by atoms with Crippen LogP contribution in [0.1, 0.15) is 5.56 Å². The van der Waals surface area contributed by atoms with Crippen LogP contribution in [0.15, 0.2) is 36.4 Å². The van der Waals surface area contributed by atoms with E-state index in [0.717, 1.165) is 5.56 Å². The van der Waals surface area contributed by atoms with Crippen molar-refractivity contribution >= 4 is 34.9 Å². The van der Waals surface area contributed by atoms with Crippen LogP contribution in [0, 0.1) is 6.92 Å². The lowest BCUT2D eigenvalue weighted by Gasteiger charge is -2.29. The minimum atomic E-state index is -0.425. The van der Waals surface area contributed by atoms with Gasteiger partial charge in [0.05, 0.1) is 17.9 Å². The summed E-state index contributed by atoms with van der Waals surface area (Å²) < 4.78 is 5.21. The average molecular weight is 347 g/mol. The van der Waals surface area contributed by atoms with Gasteiger partial charge in [-0.3, -0.25) is 4.79 Å². The normalized spacial score (nSPS) is 13.2. The monoisotopic (exact) mass is 346 g/mol. The van der Waals surface area contributed by atoms with E-state index in [1.54, 1.807) is 17.0 Å². The molecule has 1 aliphatic heterocycles. The van der Waals surface area contributed by atoms with Gasteiger partial charge in [-0.1, -0.05) is 17.7 Å². The van der Waals surface area contributed by atoms with E-state index in [1.807, 2.05) is 13.0 Å². The van der Waals surface area contributed by atoms with Crippen LogP contribution in [0.25, 0.3) is 0 Å². The number of fused-ring (bicyclic) bond motifs is 1. The fourth-order valence-corrected chi connectivity index (χ4v) is 2.64. The molecule has 124 valence electrons. The van der Waals surface area contributed by atoms with Crippen LogP contribution in [-0.2, 0) is 9.59 Å². The van der Waals surface area contributed by atoms with Crippen LogP contribution in [0.3, 0.4) is 0 Å². The average Bonchev–Trinajstić information content (AvgIpc) is 2.50. The lowest BCUT2D eigenvalue weighted by atomic mass is 10.1. The lowest BCUT2D eigenvalue weighted by Crippen LogP contribution is -2.41. The van der Waals surface area contributed by atoms with Crippen LogP contribution >= 0.6 is 11.6 Å². The summed E-state index contributed by atoms with van der Waals surface area (Å²) in [6.07, 6.45) is 0. The molecule has 0 saturated heterocycles. The number of aryl methyl sites for hydroxylation is 1. The maximum atomic E-state index is 12.3. The second-order valence-corrected chi connectivity index (χ2v) is 5.95. The highest BCUT2D eigenvalue weighted by molar-refractivity contribution is 6.31. The van der Waals surface area contributed by atoms with Gasteiger partial charge in [0, 0.05) is 5.02 Å². The number of anilines is 2. The molecule has 0 bridgehead atoms. The van der Waals surface area contributed by atoms with Gasteiger partial charge in [0.1, 0.15) is 12.3 Å². The van der Waals surface area contributed by atoms with E-state index >= 15 is 0 Å². The molecule has 2 aromatic rings. The summed E-state index contributed by atoms with van der Waals surface area (Å²) in [4.78, 5) is 25.6. The van der Waals surface area contributed by atoms with Gasteiger partial charge < -0.3 is 20.1 Å². The molecule has 0 spiro atoms. The zero-order chi connectivity index (χ0) is 17.3. The number of halogens is 1. The molecule has 0 saturated carbocycles. The van der Waals surface area contributed by atoms with Crippen molar-refractivity contribution in [3.63, 3.8) is 0 Å². The molecule has 0 atom stereocenters. The Morgan fingerprint density at radius 3 is 2.92 bits per heavy atom. The summed E-state index contributed by atoms with van der Waals surface area (Å²) in [5, 5.41) is 12.7. The first-order valence-corrected chi connectivity index (χ1v) is 7.65. The number of esters is 1. The van der Waals surface area contributed by atoms with Gasteiger partial charge in [0.15, 0.2) is 5.75 Å². The fourth-order valence-electron chi connectivity index (χ4n) is 2.47. The Balaban J connectivity index is 1.77. The van der Waals surface area contributed by atoms with Crippen LogP contribution in [0.2, 0.25) is 5.02 Å². The van der Waals surface area contributed by atoms with Crippen molar-refractivity contribution in [2.24, 2.45) is 0 Å². The third kappa shape index (κ3) is 3.44. The second kappa shape index (κ2) is 6.41. The number of amides is 1. The third-order valence-corrected chi connectivity index (χ3v) is 3.80. The molecular weight excluding hydrogens is 332 g/mol. The first-order chi connectivity index (χ1) is 11.4. The number of benzene rings is 2. The summed E-state index contributed by atoms with van der Waals surface area (Å²) in [5.74, 6) is -0.452. The number of rotatable bonds is 3. The van der Waals surface area contributed by atoms with Crippen molar-refractivity contribution in [3.05, 3.63) is 47.0 Å². The number of nitrogens with zero attached hydrogens (tertiary/aromatic N) is 1. The van der Waals surface area contributed by atoms with Gasteiger partial charge in [0.2, 0.25) is 5.91 Å². The first-order valence-electron chi connectivity index (χ1n) is 7.27. The van der Waals surface area contributed by atoms with Gasteiger partial charge in [-0.2, -0.15) is 0 Å². The van der Waals surface area contributed by atoms with E-state index in [-0.39, 0.29) is 30.4 Å². The lowest BCUT2D eigenvalue weighted by molar-refractivity contribution is -0.133. The number of nitrogens with one attached hydrogen (secondary N) is 1. The molecule has 1 aliphatic rings. The number of carbonyl (C=O) groups is 2. The smallest absolute Gasteiger partial charge is 0.331 e. The Morgan fingerprint density at radius 1 is 1.33 bits per heavy atom. The molecule has 0 aromatic heterocycles. The fraction of sp³-hybridized carbons (Fsp3) is 0.176. The number of hydrogen-bond acceptors (Lipinski definition) is 5.